The van der Waals surface area contributed by atoms with Crippen molar-refractivity contribution in [3.63, 3.8) is 0 Å². The van der Waals surface area contributed by atoms with Gasteiger partial charge in [0.2, 0.25) is 5.91 Å². The van der Waals surface area contributed by atoms with Crippen molar-refractivity contribution in [3.05, 3.63) is 21.9 Å². The second-order valence-corrected chi connectivity index (χ2v) is 6.88. The van der Waals surface area contributed by atoms with Gasteiger partial charge in [0.25, 0.3) is 0 Å². The van der Waals surface area contributed by atoms with Gasteiger partial charge in [-0.25, -0.2) is 0 Å². The third-order valence-corrected chi connectivity index (χ3v) is 4.82. The molecular formula is C15H25ClN2OS. The van der Waals surface area contributed by atoms with Crippen molar-refractivity contribution in [1.82, 2.24) is 10.6 Å². The lowest BCUT2D eigenvalue weighted by molar-refractivity contribution is -0.122. The molecule has 1 amide bonds. The highest BCUT2D eigenvalue weighted by Gasteiger charge is 2.22. The number of rotatable bonds is 5. The molecule has 2 N–H and O–H groups in total. The van der Waals surface area contributed by atoms with Crippen LogP contribution in [0.2, 0.25) is 0 Å². The molecule has 1 aliphatic heterocycles. The maximum atomic E-state index is 11.9. The summed E-state index contributed by atoms with van der Waals surface area (Å²) in [6.45, 7) is 6.36. The van der Waals surface area contributed by atoms with E-state index in [9.17, 15) is 4.79 Å². The third-order valence-electron chi connectivity index (χ3n) is 3.75. The van der Waals surface area contributed by atoms with Crippen LogP contribution >= 0.6 is 23.7 Å². The SMILES string of the molecule is Cc1ccc(CCCC(=O)NC2CCNCC2C)s1.Cl. The van der Waals surface area contributed by atoms with Crippen LogP contribution in [0.25, 0.3) is 0 Å². The standard InChI is InChI=1S/C15H24N2OS.ClH/c1-11-10-16-9-8-14(11)17-15(18)5-3-4-13-7-6-12(2)19-13;/h6-7,11,14,16H,3-5,8-10H2,1-2H3,(H,17,18);1H. The molecule has 0 aliphatic carbocycles. The Morgan fingerprint density at radius 2 is 2.30 bits per heavy atom. The van der Waals surface area contributed by atoms with E-state index < -0.39 is 0 Å². The Morgan fingerprint density at radius 1 is 1.50 bits per heavy atom. The minimum atomic E-state index is 0. The third kappa shape index (κ3) is 5.43. The summed E-state index contributed by atoms with van der Waals surface area (Å²) in [5.41, 5.74) is 0. The number of hydrogen-bond donors (Lipinski definition) is 2. The molecule has 5 heteroatoms. The molecule has 0 spiro atoms. The number of carbonyl (C=O) groups excluding carboxylic acids is 1. The van der Waals surface area contributed by atoms with Gasteiger partial charge < -0.3 is 10.6 Å². The van der Waals surface area contributed by atoms with Crippen LogP contribution in [0.1, 0.15) is 35.9 Å². The van der Waals surface area contributed by atoms with E-state index in [2.05, 4.69) is 36.6 Å². The van der Waals surface area contributed by atoms with Gasteiger partial charge in [-0.3, -0.25) is 4.79 Å². The topological polar surface area (TPSA) is 41.1 Å². The Kier molecular flexibility index (Phi) is 7.56. The number of amides is 1. The number of aryl methyl sites for hydroxylation is 2. The van der Waals surface area contributed by atoms with Crippen molar-refractivity contribution in [2.45, 2.75) is 45.6 Å². The van der Waals surface area contributed by atoms with Gasteiger partial charge in [0, 0.05) is 22.2 Å². The average molecular weight is 317 g/mol. The Labute approximate surface area is 131 Å². The fourth-order valence-electron chi connectivity index (χ4n) is 2.55. The second-order valence-electron chi connectivity index (χ2n) is 5.51. The van der Waals surface area contributed by atoms with Gasteiger partial charge >= 0.3 is 0 Å². The van der Waals surface area contributed by atoms with Crippen LogP contribution in [-0.2, 0) is 11.2 Å². The molecule has 3 nitrogen and oxygen atoms in total. The molecule has 114 valence electrons. The summed E-state index contributed by atoms with van der Waals surface area (Å²) < 4.78 is 0. The molecule has 0 aromatic carbocycles. The first kappa shape index (κ1) is 17.5. The molecule has 1 saturated heterocycles. The van der Waals surface area contributed by atoms with Crippen molar-refractivity contribution in [2.24, 2.45) is 5.92 Å². The maximum Gasteiger partial charge on any atom is 0.220 e. The molecule has 1 aromatic heterocycles. The van der Waals surface area contributed by atoms with Crippen LogP contribution in [0.5, 0.6) is 0 Å². The fraction of sp³-hybridized carbons (Fsp3) is 0.667. The van der Waals surface area contributed by atoms with Gasteiger partial charge in [-0.15, -0.1) is 23.7 Å². The Hall–Kier alpha value is -0.580. The Bertz CT molecular complexity index is 422. The predicted octanol–water partition coefficient (Wildman–Crippen LogP) is 2.92. The molecule has 0 saturated carbocycles. The minimum Gasteiger partial charge on any atom is -0.353 e. The summed E-state index contributed by atoms with van der Waals surface area (Å²) in [4.78, 5) is 14.7. The highest BCUT2D eigenvalue weighted by molar-refractivity contribution is 7.11. The zero-order valence-corrected chi connectivity index (χ0v) is 13.9. The van der Waals surface area contributed by atoms with Crippen molar-refractivity contribution in [2.75, 3.05) is 13.1 Å². The van der Waals surface area contributed by atoms with Crippen LogP contribution in [0.15, 0.2) is 12.1 Å². The minimum absolute atomic E-state index is 0. The molecule has 0 bridgehead atoms. The van der Waals surface area contributed by atoms with Crippen LogP contribution in [0.4, 0.5) is 0 Å². The second kappa shape index (κ2) is 8.65. The lowest BCUT2D eigenvalue weighted by Gasteiger charge is -2.30. The van der Waals surface area contributed by atoms with Crippen molar-refractivity contribution in [1.29, 1.82) is 0 Å². The van der Waals surface area contributed by atoms with E-state index in [1.165, 1.54) is 9.75 Å². The molecule has 2 heterocycles. The van der Waals surface area contributed by atoms with E-state index in [0.717, 1.165) is 32.4 Å². The van der Waals surface area contributed by atoms with E-state index in [0.29, 0.717) is 18.4 Å². The highest BCUT2D eigenvalue weighted by atomic mass is 35.5. The number of hydrogen-bond acceptors (Lipinski definition) is 3. The van der Waals surface area contributed by atoms with Crippen molar-refractivity contribution in [3.8, 4) is 0 Å². The normalized spacial score (nSPS) is 22.1. The zero-order valence-electron chi connectivity index (χ0n) is 12.3. The van der Waals surface area contributed by atoms with Gasteiger partial charge in [-0.2, -0.15) is 0 Å². The molecule has 20 heavy (non-hydrogen) atoms. The smallest absolute Gasteiger partial charge is 0.220 e. The highest BCUT2D eigenvalue weighted by Crippen LogP contribution is 2.17. The van der Waals surface area contributed by atoms with Crippen LogP contribution in [0, 0.1) is 12.8 Å². The fourth-order valence-corrected chi connectivity index (χ4v) is 3.48. The molecule has 1 fully saturated rings. The number of nitrogens with one attached hydrogen (secondary N) is 2. The van der Waals surface area contributed by atoms with E-state index >= 15 is 0 Å². The summed E-state index contributed by atoms with van der Waals surface area (Å²) in [5, 5.41) is 6.54. The number of thiophene rings is 1. The van der Waals surface area contributed by atoms with Gasteiger partial charge in [0.1, 0.15) is 0 Å². The lowest BCUT2D eigenvalue weighted by atomic mass is 9.95. The summed E-state index contributed by atoms with van der Waals surface area (Å²) in [5.74, 6) is 0.754. The van der Waals surface area contributed by atoms with Crippen molar-refractivity contribution < 1.29 is 4.79 Å². The van der Waals surface area contributed by atoms with E-state index in [1.54, 1.807) is 0 Å². The van der Waals surface area contributed by atoms with E-state index in [4.69, 9.17) is 0 Å². The molecular weight excluding hydrogens is 292 g/mol. The van der Waals surface area contributed by atoms with Crippen molar-refractivity contribution >= 4 is 29.7 Å². The number of carbonyl (C=O) groups is 1. The lowest BCUT2D eigenvalue weighted by Crippen LogP contribution is -2.48. The summed E-state index contributed by atoms with van der Waals surface area (Å²) in [7, 11) is 0. The number of piperidine rings is 1. The Balaban J connectivity index is 0.00000200. The predicted molar refractivity (Wildman–Crippen MR) is 87.8 cm³/mol. The molecule has 2 atom stereocenters. The molecule has 0 radical (unpaired) electrons. The molecule has 2 unspecified atom stereocenters. The first-order valence-corrected chi connectivity index (χ1v) is 8.02. The van der Waals surface area contributed by atoms with Crippen LogP contribution in [-0.4, -0.2) is 25.0 Å². The van der Waals surface area contributed by atoms with E-state index in [-0.39, 0.29) is 18.3 Å². The van der Waals surface area contributed by atoms with Gasteiger partial charge in [0.15, 0.2) is 0 Å². The summed E-state index contributed by atoms with van der Waals surface area (Å²) in [6.07, 6.45) is 3.67. The van der Waals surface area contributed by atoms with Gasteiger partial charge in [0.05, 0.1) is 0 Å². The monoisotopic (exact) mass is 316 g/mol. The molecule has 1 aliphatic rings. The van der Waals surface area contributed by atoms with Gasteiger partial charge in [-0.05, 0) is 57.3 Å². The van der Waals surface area contributed by atoms with E-state index in [1.807, 2.05) is 11.3 Å². The maximum absolute atomic E-state index is 11.9. The summed E-state index contributed by atoms with van der Waals surface area (Å²) >= 11 is 1.84. The first-order valence-electron chi connectivity index (χ1n) is 7.20. The summed E-state index contributed by atoms with van der Waals surface area (Å²) in [6, 6.07) is 4.68. The first-order chi connectivity index (χ1) is 9.15. The number of halogens is 1. The van der Waals surface area contributed by atoms with Crippen LogP contribution in [0.3, 0.4) is 0 Å². The quantitative estimate of drug-likeness (QED) is 0.877. The largest absolute Gasteiger partial charge is 0.353 e. The molecule has 1 aromatic rings. The average Bonchev–Trinajstić information content (AvgIpc) is 2.78. The van der Waals surface area contributed by atoms with Crippen LogP contribution < -0.4 is 10.6 Å². The Morgan fingerprint density at radius 3 is 2.95 bits per heavy atom. The molecule has 2 rings (SSSR count). The van der Waals surface area contributed by atoms with Gasteiger partial charge in [-0.1, -0.05) is 6.92 Å². The zero-order chi connectivity index (χ0) is 13.7.